The highest BCUT2D eigenvalue weighted by molar-refractivity contribution is 6.06. The van der Waals surface area contributed by atoms with E-state index in [1.165, 1.54) is 29.2 Å². The fourth-order valence-corrected chi connectivity index (χ4v) is 6.88. The van der Waals surface area contributed by atoms with Gasteiger partial charge in [0.1, 0.15) is 5.82 Å². The largest absolute Gasteiger partial charge is 0.457 e. The topological polar surface area (TPSA) is 80.8 Å². The van der Waals surface area contributed by atoms with Crippen molar-refractivity contribution in [1.82, 2.24) is 4.90 Å². The summed E-state index contributed by atoms with van der Waals surface area (Å²) in [6, 6.07) is 4.96. The van der Waals surface area contributed by atoms with E-state index >= 15 is 0 Å². The first-order valence-electron chi connectivity index (χ1n) is 11.9. The highest BCUT2D eigenvalue weighted by Gasteiger charge is 2.67. The van der Waals surface area contributed by atoms with Crippen molar-refractivity contribution >= 4 is 23.6 Å². The number of nitrogens with zero attached hydrogens (tertiary/aromatic N) is 1. The zero-order chi connectivity index (χ0) is 22.9. The van der Waals surface area contributed by atoms with Gasteiger partial charge in [0.2, 0.25) is 11.8 Å². The molecule has 2 amide bonds. The maximum atomic E-state index is 13.3. The Morgan fingerprint density at radius 1 is 0.909 bits per heavy atom. The molecule has 7 rings (SSSR count). The van der Waals surface area contributed by atoms with E-state index in [-0.39, 0.29) is 59.8 Å². The number of likely N-dealkylation sites (tertiary alicyclic amines) is 1. The van der Waals surface area contributed by atoms with Crippen LogP contribution in [0.3, 0.4) is 0 Å². The highest BCUT2D eigenvalue weighted by atomic mass is 19.1. The minimum atomic E-state index is -0.435. The molecule has 0 N–H and O–H groups in total. The van der Waals surface area contributed by atoms with Gasteiger partial charge in [0.25, 0.3) is 0 Å². The van der Waals surface area contributed by atoms with E-state index < -0.39 is 11.8 Å². The molecule has 3 saturated carbocycles. The van der Waals surface area contributed by atoms with Crippen LogP contribution in [0.4, 0.5) is 4.39 Å². The lowest BCUT2D eigenvalue weighted by molar-refractivity contribution is -0.149. The summed E-state index contributed by atoms with van der Waals surface area (Å²) < 4.78 is 18.2. The van der Waals surface area contributed by atoms with Crippen LogP contribution in [0.15, 0.2) is 36.4 Å². The number of carbonyl (C=O) groups excluding carboxylic acids is 4. The number of benzene rings is 1. The second-order valence-electron chi connectivity index (χ2n) is 10.2. The van der Waals surface area contributed by atoms with E-state index in [1.54, 1.807) is 0 Å². The molecular formula is C26H26FNO5. The smallest absolute Gasteiger partial charge is 0.309 e. The molecule has 0 radical (unpaired) electrons. The molecule has 5 aliphatic carbocycles. The number of rotatable bonds is 5. The molecule has 6 aliphatic rings. The Balaban J connectivity index is 1.04. The number of ether oxygens (including phenoxy) is 1. The number of allylic oxidation sites excluding steroid dienone is 2. The van der Waals surface area contributed by atoms with Gasteiger partial charge in [-0.05, 0) is 80.0 Å². The Kier molecular flexibility index (Phi) is 4.78. The molecule has 172 valence electrons. The summed E-state index contributed by atoms with van der Waals surface area (Å²) in [7, 11) is 0. The quantitative estimate of drug-likeness (QED) is 0.297. The van der Waals surface area contributed by atoms with Gasteiger partial charge in [-0.1, -0.05) is 12.2 Å². The van der Waals surface area contributed by atoms with E-state index in [4.69, 9.17) is 4.74 Å². The van der Waals surface area contributed by atoms with Crippen molar-refractivity contribution in [2.75, 3.05) is 6.61 Å². The zero-order valence-electron chi connectivity index (χ0n) is 18.2. The number of halogens is 1. The molecule has 0 aromatic heterocycles. The molecule has 0 unspecified atom stereocenters. The minimum Gasteiger partial charge on any atom is -0.457 e. The fourth-order valence-electron chi connectivity index (χ4n) is 6.88. The Hall–Kier alpha value is -2.83. The van der Waals surface area contributed by atoms with Crippen LogP contribution in [-0.2, 0) is 19.1 Å². The summed E-state index contributed by atoms with van der Waals surface area (Å²) in [5.41, 5.74) is 0.293. The maximum Gasteiger partial charge on any atom is 0.309 e. The number of esters is 1. The SMILES string of the molecule is O=C(COC(=O)C1CCC(N2C(=O)[C@@H]3[C@H]4C=C[C@@H]([C@@H]5C[C@@H]45)[C@H]3C2=O)CC1)c1ccc(F)cc1. The fraction of sp³-hybridized carbons (Fsp3) is 0.538. The number of hydrogen-bond acceptors (Lipinski definition) is 5. The van der Waals surface area contributed by atoms with E-state index in [1.807, 2.05) is 0 Å². The summed E-state index contributed by atoms with van der Waals surface area (Å²) in [5.74, 6) is -0.370. The van der Waals surface area contributed by atoms with Crippen molar-refractivity contribution in [3.05, 3.63) is 47.8 Å². The molecule has 1 aromatic rings. The lowest BCUT2D eigenvalue weighted by Crippen LogP contribution is -2.44. The van der Waals surface area contributed by atoms with Crippen LogP contribution in [0.25, 0.3) is 0 Å². The van der Waals surface area contributed by atoms with Crippen molar-refractivity contribution in [3.8, 4) is 0 Å². The number of hydrogen-bond donors (Lipinski definition) is 0. The molecule has 4 fully saturated rings. The molecule has 2 bridgehead atoms. The molecule has 1 heterocycles. The number of ketones is 1. The summed E-state index contributed by atoms with van der Waals surface area (Å²) in [6.07, 6.45) is 7.71. The van der Waals surface area contributed by atoms with Gasteiger partial charge < -0.3 is 4.74 Å². The van der Waals surface area contributed by atoms with Crippen LogP contribution >= 0.6 is 0 Å². The maximum absolute atomic E-state index is 13.3. The second kappa shape index (κ2) is 7.61. The van der Waals surface area contributed by atoms with Gasteiger partial charge in [0.05, 0.1) is 17.8 Å². The minimum absolute atomic E-state index is 0.00868. The molecule has 1 aromatic carbocycles. The van der Waals surface area contributed by atoms with Gasteiger partial charge in [0.15, 0.2) is 12.4 Å². The molecule has 1 saturated heterocycles. The van der Waals surface area contributed by atoms with Crippen LogP contribution < -0.4 is 0 Å². The monoisotopic (exact) mass is 451 g/mol. The van der Waals surface area contributed by atoms with Crippen molar-refractivity contribution in [2.24, 2.45) is 41.4 Å². The van der Waals surface area contributed by atoms with Crippen LogP contribution in [0.2, 0.25) is 0 Å². The molecule has 6 nitrogen and oxygen atoms in total. The van der Waals surface area contributed by atoms with Crippen LogP contribution in [0.5, 0.6) is 0 Å². The number of Topliss-reactive ketones (excluding diaryl/α,β-unsaturated/α-hetero) is 1. The summed E-state index contributed by atoms with van der Waals surface area (Å²) >= 11 is 0. The standard InChI is InChI=1S/C26H26FNO5/c27-15-5-1-13(2-6-15)21(29)12-33-26(32)14-3-7-16(8-4-14)28-24(30)22-17-9-10-18(20-11-19(17)20)23(22)25(28)31/h1-2,5-6,9-10,14,16-20,22-23H,3-4,7-8,11-12H2/t14?,16?,17-,18-,19-,20-,22+,23+/m0/s1. The first-order chi connectivity index (χ1) is 15.9. The van der Waals surface area contributed by atoms with E-state index in [9.17, 15) is 23.6 Å². The molecular weight excluding hydrogens is 425 g/mol. The Labute approximate surface area is 191 Å². The first kappa shape index (κ1) is 20.8. The van der Waals surface area contributed by atoms with Crippen molar-refractivity contribution in [1.29, 1.82) is 0 Å². The molecule has 0 spiro atoms. The van der Waals surface area contributed by atoms with Gasteiger partial charge in [-0.3, -0.25) is 24.1 Å². The number of imide groups is 1. The normalized spacial score (nSPS) is 38.2. The van der Waals surface area contributed by atoms with Crippen LogP contribution in [-0.4, -0.2) is 41.1 Å². The highest BCUT2D eigenvalue weighted by Crippen LogP contribution is 2.65. The van der Waals surface area contributed by atoms with E-state index in [2.05, 4.69) is 12.2 Å². The Morgan fingerprint density at radius 2 is 1.48 bits per heavy atom. The molecule has 6 atom stereocenters. The van der Waals surface area contributed by atoms with Crippen molar-refractivity contribution < 1.29 is 28.3 Å². The summed E-state index contributed by atoms with van der Waals surface area (Å²) in [4.78, 5) is 52.7. The molecule has 1 aliphatic heterocycles. The van der Waals surface area contributed by atoms with Crippen molar-refractivity contribution in [2.45, 2.75) is 38.1 Å². The number of amides is 2. The average Bonchev–Trinajstić information content (AvgIpc) is 3.61. The molecule has 7 heteroatoms. The van der Waals surface area contributed by atoms with Gasteiger partial charge in [-0.2, -0.15) is 0 Å². The van der Waals surface area contributed by atoms with Gasteiger partial charge in [0, 0.05) is 11.6 Å². The van der Waals surface area contributed by atoms with E-state index in [0.717, 1.165) is 6.42 Å². The first-order valence-corrected chi connectivity index (χ1v) is 11.9. The van der Waals surface area contributed by atoms with Gasteiger partial charge in [-0.15, -0.1) is 0 Å². The summed E-state index contributed by atoms with van der Waals surface area (Å²) in [6.45, 7) is -0.380. The number of carbonyl (C=O) groups is 4. The third-order valence-corrected chi connectivity index (χ3v) is 8.60. The Bertz CT molecular complexity index is 1020. The lowest BCUT2D eigenvalue weighted by atomic mass is 9.63. The Morgan fingerprint density at radius 3 is 2.06 bits per heavy atom. The van der Waals surface area contributed by atoms with Crippen molar-refractivity contribution in [3.63, 3.8) is 0 Å². The zero-order valence-corrected chi connectivity index (χ0v) is 18.2. The van der Waals surface area contributed by atoms with E-state index in [0.29, 0.717) is 43.1 Å². The molecule has 33 heavy (non-hydrogen) atoms. The third-order valence-electron chi connectivity index (χ3n) is 8.60. The van der Waals surface area contributed by atoms with Crippen LogP contribution in [0, 0.1) is 47.2 Å². The summed E-state index contributed by atoms with van der Waals surface area (Å²) in [5, 5.41) is 0. The van der Waals surface area contributed by atoms with Gasteiger partial charge >= 0.3 is 5.97 Å². The predicted octanol–water partition coefficient (Wildman–Crippen LogP) is 3.16. The lowest BCUT2D eigenvalue weighted by Gasteiger charge is -2.37. The second-order valence-corrected chi connectivity index (χ2v) is 10.2. The van der Waals surface area contributed by atoms with Gasteiger partial charge in [-0.25, -0.2) is 4.39 Å². The third kappa shape index (κ3) is 3.27. The average molecular weight is 451 g/mol. The predicted molar refractivity (Wildman–Crippen MR) is 114 cm³/mol. The van der Waals surface area contributed by atoms with Crippen LogP contribution in [0.1, 0.15) is 42.5 Å².